The second kappa shape index (κ2) is 3.12. The Labute approximate surface area is 84.5 Å². The average molecular weight is 189 g/mol. The molecule has 1 saturated heterocycles. The molecule has 1 aromatic rings. The van der Waals surface area contributed by atoms with Gasteiger partial charge in [-0.15, -0.1) is 0 Å². The van der Waals surface area contributed by atoms with Gasteiger partial charge in [0.25, 0.3) is 0 Å². The van der Waals surface area contributed by atoms with E-state index in [4.69, 9.17) is 0 Å². The van der Waals surface area contributed by atoms with E-state index in [1.165, 1.54) is 0 Å². The summed E-state index contributed by atoms with van der Waals surface area (Å²) in [6, 6.07) is 10.1. The van der Waals surface area contributed by atoms with Crippen LogP contribution in [0.4, 0.5) is 0 Å². The third kappa shape index (κ3) is 1.07. The fourth-order valence-corrected chi connectivity index (χ4v) is 2.26. The van der Waals surface area contributed by atoms with Crippen molar-refractivity contribution >= 4 is 5.91 Å². The maximum absolute atomic E-state index is 11.8. The molecule has 0 radical (unpaired) electrons. The van der Waals surface area contributed by atoms with Gasteiger partial charge in [0.1, 0.15) is 0 Å². The smallest absolute Gasteiger partial charge is 0.234 e. The van der Waals surface area contributed by atoms with Gasteiger partial charge >= 0.3 is 0 Å². The second-order valence-corrected chi connectivity index (χ2v) is 3.96. The highest BCUT2D eigenvalue weighted by molar-refractivity contribution is 5.94. The van der Waals surface area contributed by atoms with Crippen molar-refractivity contribution in [2.24, 2.45) is 0 Å². The van der Waals surface area contributed by atoms with E-state index < -0.39 is 0 Å². The first-order valence-corrected chi connectivity index (χ1v) is 5.02. The number of carbonyl (C=O) groups is 1. The molecule has 1 atom stereocenters. The van der Waals surface area contributed by atoms with E-state index in [1.807, 2.05) is 25.2 Å². The number of hydrogen-bond acceptors (Lipinski definition) is 1. The molecule has 2 heteroatoms. The lowest BCUT2D eigenvalue weighted by Crippen LogP contribution is -2.62. The summed E-state index contributed by atoms with van der Waals surface area (Å²) >= 11 is 0. The molecule has 74 valence electrons. The zero-order chi connectivity index (χ0) is 10.2. The molecule has 1 fully saturated rings. The molecule has 0 bridgehead atoms. The third-order valence-corrected chi connectivity index (χ3v) is 3.19. The van der Waals surface area contributed by atoms with Crippen molar-refractivity contribution in [1.29, 1.82) is 0 Å². The first kappa shape index (κ1) is 9.25. The highest BCUT2D eigenvalue weighted by Gasteiger charge is 2.49. The fourth-order valence-electron chi connectivity index (χ4n) is 2.26. The molecule has 0 aliphatic carbocycles. The quantitative estimate of drug-likeness (QED) is 0.650. The summed E-state index contributed by atoms with van der Waals surface area (Å²) in [5.41, 5.74) is 0.932. The van der Waals surface area contributed by atoms with Gasteiger partial charge in [-0.05, 0) is 12.0 Å². The van der Waals surface area contributed by atoms with E-state index in [-0.39, 0.29) is 11.3 Å². The molecule has 1 amide bonds. The summed E-state index contributed by atoms with van der Waals surface area (Å²) in [6.07, 6.45) is 0.889. The molecule has 1 aromatic carbocycles. The molecular weight excluding hydrogens is 174 g/mol. The predicted octanol–water partition coefficient (Wildman–Crippen LogP) is 1.81. The van der Waals surface area contributed by atoms with Crippen molar-refractivity contribution < 1.29 is 4.79 Å². The zero-order valence-electron chi connectivity index (χ0n) is 8.66. The summed E-state index contributed by atoms with van der Waals surface area (Å²) in [6.45, 7) is 2.93. The first-order valence-electron chi connectivity index (χ1n) is 5.02. The number of amides is 1. The van der Waals surface area contributed by atoms with Crippen molar-refractivity contribution in [1.82, 2.24) is 4.90 Å². The Morgan fingerprint density at radius 2 is 2.00 bits per heavy atom. The maximum Gasteiger partial charge on any atom is 0.234 e. The molecule has 0 N–H and O–H groups in total. The summed E-state index contributed by atoms with van der Waals surface area (Å²) in [4.78, 5) is 13.6. The highest BCUT2D eigenvalue weighted by atomic mass is 16.2. The average Bonchev–Trinajstić information content (AvgIpc) is 2.26. The Morgan fingerprint density at radius 3 is 2.43 bits per heavy atom. The number of β-lactam (4-membered cyclic amide) rings is 1. The molecule has 0 unspecified atom stereocenters. The SMILES string of the molecule is CC[C@]1(c2ccccc2)CN(C)C1=O. The summed E-state index contributed by atoms with van der Waals surface area (Å²) in [5, 5.41) is 0. The van der Waals surface area contributed by atoms with Crippen LogP contribution in [0.25, 0.3) is 0 Å². The van der Waals surface area contributed by atoms with Crippen LogP contribution < -0.4 is 0 Å². The van der Waals surface area contributed by atoms with Gasteiger partial charge in [-0.2, -0.15) is 0 Å². The van der Waals surface area contributed by atoms with Crippen LogP contribution in [0, 0.1) is 0 Å². The van der Waals surface area contributed by atoms with E-state index in [9.17, 15) is 4.79 Å². The predicted molar refractivity (Wildman–Crippen MR) is 56.0 cm³/mol. The van der Waals surface area contributed by atoms with Crippen LogP contribution in [0.1, 0.15) is 18.9 Å². The van der Waals surface area contributed by atoms with Crippen molar-refractivity contribution in [2.45, 2.75) is 18.8 Å². The van der Waals surface area contributed by atoms with Gasteiger partial charge in [0.05, 0.1) is 5.41 Å². The lowest BCUT2D eigenvalue weighted by atomic mass is 9.71. The number of carbonyl (C=O) groups excluding carboxylic acids is 1. The third-order valence-electron chi connectivity index (χ3n) is 3.19. The van der Waals surface area contributed by atoms with Gasteiger partial charge in [-0.3, -0.25) is 4.79 Å². The van der Waals surface area contributed by atoms with E-state index in [1.54, 1.807) is 4.90 Å². The van der Waals surface area contributed by atoms with Crippen LogP contribution in [-0.2, 0) is 10.2 Å². The van der Waals surface area contributed by atoms with Gasteiger partial charge in [-0.25, -0.2) is 0 Å². The van der Waals surface area contributed by atoms with Crippen LogP contribution >= 0.6 is 0 Å². The largest absolute Gasteiger partial charge is 0.344 e. The minimum Gasteiger partial charge on any atom is -0.344 e. The van der Waals surface area contributed by atoms with Crippen LogP contribution in [-0.4, -0.2) is 24.4 Å². The fraction of sp³-hybridized carbons (Fsp3) is 0.417. The Kier molecular flexibility index (Phi) is 2.06. The van der Waals surface area contributed by atoms with Gasteiger partial charge < -0.3 is 4.90 Å². The molecule has 1 aliphatic heterocycles. The minimum absolute atomic E-state index is 0.226. The van der Waals surface area contributed by atoms with E-state index in [0.717, 1.165) is 18.5 Å². The normalized spacial score (nSPS) is 26.1. The van der Waals surface area contributed by atoms with Gasteiger partial charge in [0.15, 0.2) is 0 Å². The highest BCUT2D eigenvalue weighted by Crippen LogP contribution is 2.37. The number of hydrogen-bond donors (Lipinski definition) is 0. The molecule has 2 rings (SSSR count). The maximum atomic E-state index is 11.8. The van der Waals surface area contributed by atoms with Gasteiger partial charge in [-0.1, -0.05) is 37.3 Å². The van der Waals surface area contributed by atoms with Crippen LogP contribution in [0.15, 0.2) is 30.3 Å². The molecule has 1 heterocycles. The standard InChI is InChI=1S/C12H15NO/c1-3-12(9-13(2)11(12)14)10-7-5-4-6-8-10/h4-8H,3,9H2,1-2H3/t12-/m1/s1. The Morgan fingerprint density at radius 1 is 1.36 bits per heavy atom. The number of likely N-dealkylation sites (N-methyl/N-ethyl adjacent to an activating group) is 1. The zero-order valence-corrected chi connectivity index (χ0v) is 8.66. The molecule has 0 saturated carbocycles. The van der Waals surface area contributed by atoms with Gasteiger partial charge in [0, 0.05) is 13.6 Å². The number of likely N-dealkylation sites (tertiary alicyclic amines) is 1. The second-order valence-electron chi connectivity index (χ2n) is 3.96. The molecular formula is C12H15NO. The van der Waals surface area contributed by atoms with Crippen LogP contribution in [0.2, 0.25) is 0 Å². The lowest BCUT2D eigenvalue weighted by molar-refractivity contribution is -0.149. The first-order chi connectivity index (χ1) is 6.70. The van der Waals surface area contributed by atoms with Crippen molar-refractivity contribution in [3.8, 4) is 0 Å². The van der Waals surface area contributed by atoms with Crippen molar-refractivity contribution in [2.75, 3.05) is 13.6 Å². The Balaban J connectivity index is 2.36. The number of rotatable bonds is 2. The van der Waals surface area contributed by atoms with Crippen LogP contribution in [0.3, 0.4) is 0 Å². The van der Waals surface area contributed by atoms with E-state index >= 15 is 0 Å². The molecule has 0 aromatic heterocycles. The van der Waals surface area contributed by atoms with Crippen LogP contribution in [0.5, 0.6) is 0 Å². The summed E-state index contributed by atoms with van der Waals surface area (Å²) < 4.78 is 0. The van der Waals surface area contributed by atoms with E-state index in [2.05, 4.69) is 19.1 Å². The Hall–Kier alpha value is -1.31. The lowest BCUT2D eigenvalue weighted by Gasteiger charge is -2.47. The number of nitrogens with zero attached hydrogens (tertiary/aromatic N) is 1. The van der Waals surface area contributed by atoms with Crippen molar-refractivity contribution in [3.05, 3.63) is 35.9 Å². The molecule has 1 aliphatic rings. The topological polar surface area (TPSA) is 20.3 Å². The Bertz CT molecular complexity index is 347. The van der Waals surface area contributed by atoms with Gasteiger partial charge in [0.2, 0.25) is 5.91 Å². The molecule has 0 spiro atoms. The summed E-state index contributed by atoms with van der Waals surface area (Å²) in [5.74, 6) is 0.256. The summed E-state index contributed by atoms with van der Waals surface area (Å²) in [7, 11) is 1.86. The monoisotopic (exact) mass is 189 g/mol. The molecule has 14 heavy (non-hydrogen) atoms. The van der Waals surface area contributed by atoms with E-state index in [0.29, 0.717) is 0 Å². The number of benzene rings is 1. The molecule has 2 nitrogen and oxygen atoms in total. The van der Waals surface area contributed by atoms with Crippen molar-refractivity contribution in [3.63, 3.8) is 0 Å². The minimum atomic E-state index is -0.226.